The Labute approximate surface area is 88.2 Å². The molecule has 76 valence electrons. The summed E-state index contributed by atoms with van der Waals surface area (Å²) in [4.78, 5) is 12.7. The topological polar surface area (TPSA) is 64.7 Å². The van der Waals surface area contributed by atoms with Crippen LogP contribution in [0.5, 0.6) is 0 Å². The van der Waals surface area contributed by atoms with Gasteiger partial charge in [-0.15, -0.1) is 0 Å². The van der Waals surface area contributed by atoms with Gasteiger partial charge in [-0.1, -0.05) is 30.3 Å². The van der Waals surface area contributed by atoms with Crippen molar-refractivity contribution in [2.45, 2.75) is 13.5 Å². The monoisotopic (exact) mass is 200 g/mol. The van der Waals surface area contributed by atoms with E-state index >= 15 is 0 Å². The molecule has 2 rings (SSSR count). The van der Waals surface area contributed by atoms with E-state index in [4.69, 9.17) is 5.73 Å². The van der Waals surface area contributed by atoms with Crippen molar-refractivity contribution >= 4 is 0 Å². The van der Waals surface area contributed by atoms with E-state index in [1.165, 1.54) is 0 Å². The van der Waals surface area contributed by atoms with Gasteiger partial charge in [0.15, 0.2) is 5.82 Å². The summed E-state index contributed by atoms with van der Waals surface area (Å²) in [5.41, 5.74) is 6.50. The van der Waals surface area contributed by atoms with Crippen LogP contribution in [0.2, 0.25) is 0 Å². The molecular formula is C11H12N4. The number of nitrogens with zero attached hydrogens (tertiary/aromatic N) is 3. The number of benzene rings is 1. The molecule has 0 unspecified atom stereocenters. The second-order valence-corrected chi connectivity index (χ2v) is 3.19. The lowest BCUT2D eigenvalue weighted by molar-refractivity contribution is 0.851. The zero-order valence-corrected chi connectivity index (χ0v) is 8.51. The van der Waals surface area contributed by atoms with Crippen molar-refractivity contribution in [1.29, 1.82) is 0 Å². The Morgan fingerprint density at radius 3 is 2.47 bits per heavy atom. The lowest BCUT2D eigenvalue weighted by atomic mass is 10.2. The van der Waals surface area contributed by atoms with Gasteiger partial charge in [0.25, 0.3) is 0 Å². The number of aromatic nitrogens is 3. The molecule has 0 fully saturated rings. The molecule has 0 saturated carbocycles. The van der Waals surface area contributed by atoms with Gasteiger partial charge in [-0.2, -0.15) is 0 Å². The minimum Gasteiger partial charge on any atom is -0.324 e. The highest BCUT2D eigenvalue weighted by Crippen LogP contribution is 2.13. The van der Waals surface area contributed by atoms with Crippen molar-refractivity contribution < 1.29 is 0 Å². The summed E-state index contributed by atoms with van der Waals surface area (Å²) in [5.74, 6) is 2.01. The summed E-state index contributed by atoms with van der Waals surface area (Å²) >= 11 is 0. The van der Waals surface area contributed by atoms with E-state index < -0.39 is 0 Å². The van der Waals surface area contributed by atoms with Crippen LogP contribution in [0, 0.1) is 6.92 Å². The van der Waals surface area contributed by atoms with Gasteiger partial charge >= 0.3 is 0 Å². The molecule has 1 aromatic carbocycles. The molecule has 0 atom stereocenters. The number of hydrogen-bond donors (Lipinski definition) is 1. The highest BCUT2D eigenvalue weighted by molar-refractivity contribution is 5.54. The first-order chi connectivity index (χ1) is 7.29. The van der Waals surface area contributed by atoms with Crippen molar-refractivity contribution in [2.24, 2.45) is 5.73 Å². The molecule has 4 heteroatoms. The third kappa shape index (κ3) is 2.16. The maximum atomic E-state index is 5.51. The fourth-order valence-electron chi connectivity index (χ4n) is 1.34. The van der Waals surface area contributed by atoms with E-state index in [-0.39, 0.29) is 0 Å². The molecule has 0 spiro atoms. The van der Waals surface area contributed by atoms with E-state index in [0.29, 0.717) is 24.0 Å². The molecule has 0 aliphatic rings. The Morgan fingerprint density at radius 2 is 1.80 bits per heavy atom. The molecule has 0 bridgehead atoms. The maximum Gasteiger partial charge on any atom is 0.163 e. The van der Waals surface area contributed by atoms with Crippen LogP contribution in [0.3, 0.4) is 0 Å². The summed E-state index contributed by atoms with van der Waals surface area (Å²) in [5, 5.41) is 0. The SMILES string of the molecule is Cc1nc(CN)nc(-c2ccccc2)n1. The fraction of sp³-hybridized carbons (Fsp3) is 0.182. The number of nitrogens with two attached hydrogens (primary N) is 1. The first kappa shape index (κ1) is 9.73. The molecule has 2 aromatic rings. The van der Waals surface area contributed by atoms with Gasteiger partial charge in [0.1, 0.15) is 11.6 Å². The number of hydrogen-bond acceptors (Lipinski definition) is 4. The van der Waals surface area contributed by atoms with E-state index in [9.17, 15) is 0 Å². The maximum absolute atomic E-state index is 5.51. The molecule has 1 heterocycles. The molecule has 1 aromatic heterocycles. The second-order valence-electron chi connectivity index (χ2n) is 3.19. The van der Waals surface area contributed by atoms with Crippen LogP contribution in [0.4, 0.5) is 0 Å². The van der Waals surface area contributed by atoms with Crippen LogP contribution in [-0.2, 0) is 6.54 Å². The van der Waals surface area contributed by atoms with Gasteiger partial charge in [0.05, 0.1) is 6.54 Å². The van der Waals surface area contributed by atoms with Gasteiger partial charge in [0.2, 0.25) is 0 Å². The van der Waals surface area contributed by atoms with Crippen molar-refractivity contribution in [3.05, 3.63) is 42.0 Å². The highest BCUT2D eigenvalue weighted by Gasteiger charge is 2.04. The summed E-state index contributed by atoms with van der Waals surface area (Å²) in [6, 6.07) is 9.80. The van der Waals surface area contributed by atoms with Gasteiger partial charge in [-0.3, -0.25) is 0 Å². The Balaban J connectivity index is 2.49. The minimum absolute atomic E-state index is 0.337. The van der Waals surface area contributed by atoms with Crippen LogP contribution in [0.25, 0.3) is 11.4 Å². The number of rotatable bonds is 2. The molecule has 0 aliphatic carbocycles. The quantitative estimate of drug-likeness (QED) is 0.793. The molecule has 0 radical (unpaired) electrons. The average Bonchev–Trinajstić information content (AvgIpc) is 2.29. The third-order valence-corrected chi connectivity index (χ3v) is 2.01. The summed E-state index contributed by atoms with van der Waals surface area (Å²) in [7, 11) is 0. The summed E-state index contributed by atoms with van der Waals surface area (Å²) in [6.45, 7) is 2.18. The molecule has 15 heavy (non-hydrogen) atoms. The minimum atomic E-state index is 0.337. The highest BCUT2D eigenvalue weighted by atomic mass is 15.0. The molecule has 2 N–H and O–H groups in total. The first-order valence-corrected chi connectivity index (χ1v) is 4.76. The lowest BCUT2D eigenvalue weighted by Gasteiger charge is -2.03. The van der Waals surface area contributed by atoms with Crippen LogP contribution in [0.1, 0.15) is 11.6 Å². The van der Waals surface area contributed by atoms with E-state index in [1.807, 2.05) is 37.3 Å². The summed E-state index contributed by atoms with van der Waals surface area (Å²) < 4.78 is 0. The van der Waals surface area contributed by atoms with Crippen molar-refractivity contribution in [3.8, 4) is 11.4 Å². The van der Waals surface area contributed by atoms with Crippen molar-refractivity contribution in [2.75, 3.05) is 0 Å². The molecule has 0 amide bonds. The largest absolute Gasteiger partial charge is 0.324 e. The molecule has 0 aliphatic heterocycles. The van der Waals surface area contributed by atoms with Gasteiger partial charge in [-0.05, 0) is 6.92 Å². The molecule has 0 saturated heterocycles. The first-order valence-electron chi connectivity index (χ1n) is 4.76. The second kappa shape index (κ2) is 4.14. The lowest BCUT2D eigenvalue weighted by Crippen LogP contribution is -2.07. The van der Waals surface area contributed by atoms with Crippen molar-refractivity contribution in [1.82, 2.24) is 15.0 Å². The van der Waals surface area contributed by atoms with Gasteiger partial charge in [0, 0.05) is 5.56 Å². The van der Waals surface area contributed by atoms with Gasteiger partial charge < -0.3 is 5.73 Å². The average molecular weight is 200 g/mol. The predicted molar refractivity (Wildman–Crippen MR) is 57.9 cm³/mol. The van der Waals surface area contributed by atoms with Crippen LogP contribution < -0.4 is 5.73 Å². The summed E-state index contributed by atoms with van der Waals surface area (Å²) in [6.07, 6.45) is 0. The zero-order chi connectivity index (χ0) is 10.7. The molecule has 4 nitrogen and oxygen atoms in total. The smallest absolute Gasteiger partial charge is 0.163 e. The van der Waals surface area contributed by atoms with Crippen molar-refractivity contribution in [3.63, 3.8) is 0 Å². The fourth-order valence-corrected chi connectivity index (χ4v) is 1.34. The Morgan fingerprint density at radius 1 is 1.07 bits per heavy atom. The zero-order valence-electron chi connectivity index (χ0n) is 8.51. The van der Waals surface area contributed by atoms with E-state index in [1.54, 1.807) is 0 Å². The normalized spacial score (nSPS) is 10.3. The standard InChI is InChI=1S/C11H12N4/c1-8-13-10(7-12)15-11(14-8)9-5-3-2-4-6-9/h2-6H,7,12H2,1H3. The molecular weight excluding hydrogens is 188 g/mol. The van der Waals surface area contributed by atoms with Crippen LogP contribution in [-0.4, -0.2) is 15.0 Å². The van der Waals surface area contributed by atoms with Crippen LogP contribution >= 0.6 is 0 Å². The number of aryl methyl sites for hydroxylation is 1. The van der Waals surface area contributed by atoms with E-state index in [0.717, 1.165) is 5.56 Å². The Kier molecular flexibility index (Phi) is 2.69. The van der Waals surface area contributed by atoms with E-state index in [2.05, 4.69) is 15.0 Å². The Hall–Kier alpha value is -1.81. The third-order valence-electron chi connectivity index (χ3n) is 2.01. The van der Waals surface area contributed by atoms with Crippen LogP contribution in [0.15, 0.2) is 30.3 Å². The van der Waals surface area contributed by atoms with Gasteiger partial charge in [-0.25, -0.2) is 15.0 Å². The predicted octanol–water partition coefficient (Wildman–Crippen LogP) is 1.31. The Bertz CT molecular complexity index is 453.